The van der Waals surface area contributed by atoms with Gasteiger partial charge in [-0.25, -0.2) is 4.98 Å². The van der Waals surface area contributed by atoms with Crippen LogP contribution in [0, 0.1) is 0 Å². The van der Waals surface area contributed by atoms with Gasteiger partial charge >= 0.3 is 5.97 Å². The second-order valence-electron chi connectivity index (χ2n) is 5.00. The third-order valence-electron chi connectivity index (χ3n) is 3.32. The van der Waals surface area contributed by atoms with Crippen molar-refractivity contribution in [1.82, 2.24) is 4.98 Å². The fraction of sp³-hybridized carbons (Fsp3) is 0.500. The van der Waals surface area contributed by atoms with Gasteiger partial charge in [0.25, 0.3) is 0 Å². The molecule has 1 aliphatic rings. The number of amides is 1. The van der Waals surface area contributed by atoms with Crippen molar-refractivity contribution in [2.24, 2.45) is 0 Å². The molecule has 2 rings (SSSR count). The molecule has 0 bridgehead atoms. The molecule has 1 aromatic heterocycles. The van der Waals surface area contributed by atoms with Crippen LogP contribution in [0.25, 0.3) is 0 Å². The van der Waals surface area contributed by atoms with Crippen LogP contribution < -0.4 is 10.6 Å². The predicted molar refractivity (Wildman–Crippen MR) is 75.6 cm³/mol. The zero-order valence-electron chi connectivity index (χ0n) is 11.3. The van der Waals surface area contributed by atoms with Crippen molar-refractivity contribution < 1.29 is 14.7 Å². The summed E-state index contributed by atoms with van der Waals surface area (Å²) in [6, 6.07) is 4.11. The quantitative estimate of drug-likeness (QED) is 0.741. The maximum absolute atomic E-state index is 11.5. The number of anilines is 2. The number of carbonyl (C=O) groups is 2. The minimum atomic E-state index is -0.982. The van der Waals surface area contributed by atoms with Crippen molar-refractivity contribution in [3.63, 3.8) is 0 Å². The van der Waals surface area contributed by atoms with Crippen LogP contribution in [0.4, 0.5) is 11.5 Å². The first-order chi connectivity index (χ1) is 9.63. The highest BCUT2D eigenvalue weighted by Crippen LogP contribution is 2.22. The van der Waals surface area contributed by atoms with Crippen LogP contribution in [0.2, 0.25) is 0 Å². The molecule has 0 unspecified atom stereocenters. The third-order valence-corrected chi connectivity index (χ3v) is 3.32. The highest BCUT2D eigenvalue weighted by molar-refractivity contribution is 5.91. The summed E-state index contributed by atoms with van der Waals surface area (Å²) in [5, 5.41) is 14.5. The number of aliphatic carboxylic acids is 1. The van der Waals surface area contributed by atoms with E-state index in [1.54, 1.807) is 12.3 Å². The van der Waals surface area contributed by atoms with Gasteiger partial charge in [-0.2, -0.15) is 0 Å². The number of rotatable bonds is 6. The Balaban J connectivity index is 1.81. The molecule has 0 spiro atoms. The molecule has 1 aliphatic carbocycles. The zero-order chi connectivity index (χ0) is 14.4. The number of nitrogens with zero attached hydrogens (tertiary/aromatic N) is 1. The molecule has 0 aromatic carbocycles. The van der Waals surface area contributed by atoms with E-state index < -0.39 is 5.97 Å². The molecule has 1 fully saturated rings. The average molecular weight is 277 g/mol. The molecule has 0 atom stereocenters. The number of carboxylic acids is 1. The van der Waals surface area contributed by atoms with E-state index >= 15 is 0 Å². The molecule has 20 heavy (non-hydrogen) atoms. The summed E-state index contributed by atoms with van der Waals surface area (Å²) >= 11 is 0. The topological polar surface area (TPSA) is 91.3 Å². The van der Waals surface area contributed by atoms with E-state index in [-0.39, 0.29) is 18.7 Å². The maximum Gasteiger partial charge on any atom is 0.303 e. The van der Waals surface area contributed by atoms with Gasteiger partial charge in [0.05, 0.1) is 18.3 Å². The SMILES string of the molecule is O=C(O)CCC(=O)Nc1ccc(NC2CCCC2)cn1. The lowest BCUT2D eigenvalue weighted by Crippen LogP contribution is -2.16. The van der Waals surface area contributed by atoms with Crippen molar-refractivity contribution >= 4 is 23.4 Å². The van der Waals surface area contributed by atoms with Crippen LogP contribution in [-0.2, 0) is 9.59 Å². The minimum absolute atomic E-state index is 0.0426. The number of nitrogens with one attached hydrogen (secondary N) is 2. The molecule has 1 amide bonds. The van der Waals surface area contributed by atoms with Crippen molar-refractivity contribution in [3.8, 4) is 0 Å². The molecule has 6 nitrogen and oxygen atoms in total. The molecule has 0 radical (unpaired) electrons. The molecular weight excluding hydrogens is 258 g/mol. The second kappa shape index (κ2) is 6.88. The lowest BCUT2D eigenvalue weighted by atomic mass is 10.2. The number of hydrogen-bond acceptors (Lipinski definition) is 4. The van der Waals surface area contributed by atoms with E-state index in [0.29, 0.717) is 11.9 Å². The van der Waals surface area contributed by atoms with Gasteiger partial charge in [0.15, 0.2) is 0 Å². The molecule has 1 aromatic rings. The van der Waals surface area contributed by atoms with Crippen LogP contribution in [0.3, 0.4) is 0 Å². The van der Waals surface area contributed by atoms with Gasteiger partial charge < -0.3 is 15.7 Å². The molecular formula is C14H19N3O3. The molecule has 1 heterocycles. The summed E-state index contributed by atoms with van der Waals surface area (Å²) < 4.78 is 0. The highest BCUT2D eigenvalue weighted by atomic mass is 16.4. The van der Waals surface area contributed by atoms with Gasteiger partial charge in [-0.1, -0.05) is 12.8 Å². The number of carboxylic acid groups (broad SMARTS) is 1. The second-order valence-corrected chi connectivity index (χ2v) is 5.00. The smallest absolute Gasteiger partial charge is 0.303 e. The number of hydrogen-bond donors (Lipinski definition) is 3. The van der Waals surface area contributed by atoms with Gasteiger partial charge in [0.1, 0.15) is 5.82 Å². The Kier molecular flexibility index (Phi) is 4.92. The molecule has 6 heteroatoms. The highest BCUT2D eigenvalue weighted by Gasteiger charge is 2.14. The van der Waals surface area contributed by atoms with E-state index in [0.717, 1.165) is 5.69 Å². The summed E-state index contributed by atoms with van der Waals surface area (Å²) in [4.78, 5) is 26.0. The van der Waals surface area contributed by atoms with Gasteiger partial charge in [0.2, 0.25) is 5.91 Å². The predicted octanol–water partition coefficient (Wildman–Crippen LogP) is 2.24. The summed E-state index contributed by atoms with van der Waals surface area (Å²) in [5.41, 5.74) is 0.945. The van der Waals surface area contributed by atoms with Crippen LogP contribution in [-0.4, -0.2) is 28.0 Å². The molecule has 1 saturated carbocycles. The average Bonchev–Trinajstić information content (AvgIpc) is 2.92. The van der Waals surface area contributed by atoms with Crippen molar-refractivity contribution in [3.05, 3.63) is 18.3 Å². The van der Waals surface area contributed by atoms with Gasteiger partial charge in [-0.15, -0.1) is 0 Å². The number of aromatic nitrogens is 1. The standard InChI is InChI=1S/C14H19N3O3/c18-13(7-8-14(19)20)17-12-6-5-11(9-15-12)16-10-3-1-2-4-10/h5-6,9-10,16H,1-4,7-8H2,(H,19,20)(H,15,17,18). The largest absolute Gasteiger partial charge is 0.481 e. The Morgan fingerprint density at radius 2 is 2.00 bits per heavy atom. The normalized spacial score (nSPS) is 15.0. The Hall–Kier alpha value is -2.11. The lowest BCUT2D eigenvalue weighted by Gasteiger charge is -2.13. The van der Waals surface area contributed by atoms with E-state index in [4.69, 9.17) is 5.11 Å². The van der Waals surface area contributed by atoms with Gasteiger partial charge in [-0.3, -0.25) is 9.59 Å². The number of carbonyl (C=O) groups excluding carboxylic acids is 1. The third kappa shape index (κ3) is 4.53. The van der Waals surface area contributed by atoms with Gasteiger partial charge in [0, 0.05) is 12.5 Å². The molecule has 0 aliphatic heterocycles. The first-order valence-corrected chi connectivity index (χ1v) is 6.88. The first kappa shape index (κ1) is 14.3. The van der Waals surface area contributed by atoms with Crippen molar-refractivity contribution in [2.75, 3.05) is 10.6 Å². The molecule has 108 valence electrons. The van der Waals surface area contributed by atoms with E-state index in [9.17, 15) is 9.59 Å². The van der Waals surface area contributed by atoms with Crippen molar-refractivity contribution in [1.29, 1.82) is 0 Å². The monoisotopic (exact) mass is 277 g/mol. The van der Waals surface area contributed by atoms with E-state index in [1.807, 2.05) is 6.07 Å². The lowest BCUT2D eigenvalue weighted by molar-refractivity contribution is -0.138. The van der Waals surface area contributed by atoms with E-state index in [1.165, 1.54) is 25.7 Å². The Morgan fingerprint density at radius 1 is 1.25 bits per heavy atom. The maximum atomic E-state index is 11.5. The Labute approximate surface area is 117 Å². The summed E-state index contributed by atoms with van der Waals surface area (Å²) in [6.45, 7) is 0. The minimum Gasteiger partial charge on any atom is -0.481 e. The summed E-state index contributed by atoms with van der Waals surface area (Å²) in [5.74, 6) is -0.877. The Bertz CT molecular complexity index is 467. The zero-order valence-corrected chi connectivity index (χ0v) is 11.3. The van der Waals surface area contributed by atoms with Crippen LogP contribution in [0.5, 0.6) is 0 Å². The van der Waals surface area contributed by atoms with Crippen LogP contribution >= 0.6 is 0 Å². The fourth-order valence-electron chi connectivity index (χ4n) is 2.28. The van der Waals surface area contributed by atoms with Crippen molar-refractivity contribution in [2.45, 2.75) is 44.6 Å². The summed E-state index contributed by atoms with van der Waals surface area (Å²) in [7, 11) is 0. The van der Waals surface area contributed by atoms with E-state index in [2.05, 4.69) is 15.6 Å². The fourth-order valence-corrected chi connectivity index (χ4v) is 2.28. The van der Waals surface area contributed by atoms with Crippen LogP contribution in [0.15, 0.2) is 18.3 Å². The van der Waals surface area contributed by atoms with Crippen LogP contribution in [0.1, 0.15) is 38.5 Å². The first-order valence-electron chi connectivity index (χ1n) is 6.88. The Morgan fingerprint density at radius 3 is 2.60 bits per heavy atom. The number of pyridine rings is 1. The summed E-state index contributed by atoms with van der Waals surface area (Å²) in [6.07, 6.45) is 6.38. The molecule has 0 saturated heterocycles. The van der Waals surface area contributed by atoms with Gasteiger partial charge in [-0.05, 0) is 25.0 Å². The molecule has 3 N–H and O–H groups in total.